The van der Waals surface area contributed by atoms with E-state index in [0.29, 0.717) is 28.1 Å². The predicted octanol–water partition coefficient (Wildman–Crippen LogP) is 8.79. The minimum absolute atomic E-state index is 0.340. The number of amides is 2. The maximum Gasteiger partial charge on any atom is 0.268 e. The molecule has 7 aromatic rings. The zero-order chi connectivity index (χ0) is 29.8. The summed E-state index contributed by atoms with van der Waals surface area (Å²) in [6.45, 7) is 0. The predicted molar refractivity (Wildman–Crippen MR) is 174 cm³/mol. The number of imide groups is 1. The van der Waals surface area contributed by atoms with E-state index in [1.54, 1.807) is 12.1 Å². The molecule has 206 valence electrons. The third-order valence-corrected chi connectivity index (χ3v) is 8.38. The first-order chi connectivity index (χ1) is 21.6. The summed E-state index contributed by atoms with van der Waals surface area (Å²) in [6, 6.07) is 47.0. The first-order valence-corrected chi connectivity index (χ1v) is 14.3. The number of carbonyl (C=O) groups excluding carboxylic acids is 2. The summed E-state index contributed by atoms with van der Waals surface area (Å²) in [7, 11) is 0. The highest BCUT2D eigenvalue weighted by atomic mass is 16.2. The summed E-state index contributed by atoms with van der Waals surface area (Å²) in [6.07, 6.45) is 0. The van der Waals surface area contributed by atoms with E-state index < -0.39 is 0 Å². The van der Waals surface area contributed by atoms with Gasteiger partial charge in [0, 0.05) is 10.8 Å². The third kappa shape index (κ3) is 3.79. The largest absolute Gasteiger partial charge is 0.308 e. The van der Waals surface area contributed by atoms with Crippen molar-refractivity contribution in [3.05, 3.63) is 156 Å². The van der Waals surface area contributed by atoms with E-state index in [1.165, 1.54) is 4.90 Å². The van der Waals surface area contributed by atoms with Crippen LogP contribution in [0.4, 0.5) is 5.69 Å². The zero-order valence-electron chi connectivity index (χ0n) is 23.4. The number of nitrogens with zero attached hydrogens (tertiary/aromatic N) is 3. The summed E-state index contributed by atoms with van der Waals surface area (Å²) in [5, 5.41) is 11.7. The van der Waals surface area contributed by atoms with E-state index in [1.807, 2.05) is 115 Å². The number of anilines is 1. The van der Waals surface area contributed by atoms with Gasteiger partial charge in [-0.2, -0.15) is 5.26 Å². The Morgan fingerprint density at radius 1 is 0.523 bits per heavy atom. The summed E-state index contributed by atoms with van der Waals surface area (Å²) in [5.74, 6) is -0.690. The van der Waals surface area contributed by atoms with E-state index >= 15 is 0 Å². The summed E-state index contributed by atoms with van der Waals surface area (Å²) in [5.41, 5.74) is 8.11. The van der Waals surface area contributed by atoms with Crippen LogP contribution in [-0.4, -0.2) is 16.4 Å². The molecule has 0 saturated carbocycles. The van der Waals surface area contributed by atoms with Crippen molar-refractivity contribution in [1.82, 2.24) is 4.57 Å². The molecule has 1 aliphatic heterocycles. The fourth-order valence-corrected chi connectivity index (χ4v) is 6.38. The minimum atomic E-state index is -0.351. The van der Waals surface area contributed by atoms with Crippen molar-refractivity contribution in [2.75, 3.05) is 4.90 Å². The molecular formula is C39H23N3O2. The Morgan fingerprint density at radius 2 is 1.23 bits per heavy atom. The van der Waals surface area contributed by atoms with E-state index in [4.69, 9.17) is 0 Å². The third-order valence-electron chi connectivity index (χ3n) is 8.38. The molecule has 1 aromatic heterocycles. The van der Waals surface area contributed by atoms with Gasteiger partial charge in [-0.25, -0.2) is 4.90 Å². The lowest BCUT2D eigenvalue weighted by atomic mass is 9.98. The smallest absolute Gasteiger partial charge is 0.268 e. The fourth-order valence-electron chi connectivity index (χ4n) is 6.38. The Hall–Kier alpha value is -6.25. The molecule has 0 N–H and O–H groups in total. The van der Waals surface area contributed by atoms with E-state index in [-0.39, 0.29) is 11.8 Å². The van der Waals surface area contributed by atoms with Crippen LogP contribution in [-0.2, 0) is 0 Å². The molecule has 2 amide bonds. The Morgan fingerprint density at radius 3 is 2.09 bits per heavy atom. The Labute approximate surface area is 253 Å². The molecule has 0 spiro atoms. The van der Waals surface area contributed by atoms with Crippen molar-refractivity contribution in [2.45, 2.75) is 0 Å². The Kier molecular flexibility index (Phi) is 5.75. The lowest BCUT2D eigenvalue weighted by Crippen LogP contribution is -2.29. The van der Waals surface area contributed by atoms with Crippen LogP contribution in [0.3, 0.4) is 0 Å². The molecule has 5 nitrogen and oxygen atoms in total. The second-order valence-corrected chi connectivity index (χ2v) is 10.8. The first-order valence-electron chi connectivity index (χ1n) is 14.3. The SMILES string of the molecule is N#Cc1ccccc1-c1ccc2c(c1)c1ccccc1n2-c1cccc2c1C(=O)N(c1cccc(-c3ccccc3)c1)C2=O. The molecule has 1 aliphatic rings. The second kappa shape index (κ2) is 9.94. The molecule has 5 heteroatoms. The molecule has 6 aromatic carbocycles. The van der Waals surface area contributed by atoms with Crippen molar-refractivity contribution >= 4 is 39.3 Å². The maximum absolute atomic E-state index is 14.2. The molecule has 2 heterocycles. The number of carbonyl (C=O) groups is 2. The lowest BCUT2D eigenvalue weighted by Gasteiger charge is -2.16. The number of hydrogen-bond donors (Lipinski definition) is 0. The number of nitriles is 1. The van der Waals surface area contributed by atoms with Gasteiger partial charge in [0.15, 0.2) is 0 Å². The van der Waals surface area contributed by atoms with Gasteiger partial charge in [-0.3, -0.25) is 9.59 Å². The van der Waals surface area contributed by atoms with Crippen LogP contribution in [0, 0.1) is 11.3 Å². The minimum Gasteiger partial charge on any atom is -0.308 e. The van der Waals surface area contributed by atoms with Gasteiger partial charge in [-0.05, 0) is 70.8 Å². The molecule has 8 rings (SSSR count). The first kappa shape index (κ1) is 25.5. The molecule has 0 unspecified atom stereocenters. The fraction of sp³-hybridized carbons (Fsp3) is 0. The molecule has 44 heavy (non-hydrogen) atoms. The number of fused-ring (bicyclic) bond motifs is 4. The van der Waals surface area contributed by atoms with Crippen LogP contribution in [0.2, 0.25) is 0 Å². The number of aromatic nitrogens is 1. The Bertz CT molecular complexity index is 2340. The molecule has 0 bridgehead atoms. The van der Waals surface area contributed by atoms with E-state index in [9.17, 15) is 14.9 Å². The van der Waals surface area contributed by atoms with Crippen LogP contribution in [0.1, 0.15) is 26.3 Å². The van der Waals surface area contributed by atoms with Gasteiger partial charge in [0.05, 0.1) is 45.2 Å². The van der Waals surface area contributed by atoms with Crippen molar-refractivity contribution in [3.63, 3.8) is 0 Å². The summed E-state index contributed by atoms with van der Waals surface area (Å²) >= 11 is 0. The van der Waals surface area contributed by atoms with Crippen molar-refractivity contribution in [3.8, 4) is 34.0 Å². The number of rotatable bonds is 4. The van der Waals surface area contributed by atoms with Gasteiger partial charge < -0.3 is 4.57 Å². The van der Waals surface area contributed by atoms with Crippen LogP contribution in [0.15, 0.2) is 140 Å². The molecule has 0 radical (unpaired) electrons. The van der Waals surface area contributed by atoms with Crippen LogP contribution < -0.4 is 4.90 Å². The van der Waals surface area contributed by atoms with E-state index in [2.05, 4.69) is 22.8 Å². The number of para-hydroxylation sites is 1. The van der Waals surface area contributed by atoms with Gasteiger partial charge in [0.25, 0.3) is 11.8 Å². The molecule has 0 aliphatic carbocycles. The zero-order valence-corrected chi connectivity index (χ0v) is 23.4. The van der Waals surface area contributed by atoms with Gasteiger partial charge in [0.2, 0.25) is 0 Å². The number of hydrogen-bond acceptors (Lipinski definition) is 3. The van der Waals surface area contributed by atoms with Crippen molar-refractivity contribution in [2.24, 2.45) is 0 Å². The van der Waals surface area contributed by atoms with Crippen LogP contribution in [0.25, 0.3) is 49.7 Å². The average molecular weight is 566 g/mol. The number of benzene rings is 6. The molecule has 0 atom stereocenters. The summed E-state index contributed by atoms with van der Waals surface area (Å²) in [4.78, 5) is 29.3. The topological polar surface area (TPSA) is 66.1 Å². The van der Waals surface area contributed by atoms with Gasteiger partial charge in [0.1, 0.15) is 0 Å². The highest BCUT2D eigenvalue weighted by Crippen LogP contribution is 2.39. The normalized spacial score (nSPS) is 12.6. The Balaban J connectivity index is 1.30. The highest BCUT2D eigenvalue weighted by molar-refractivity contribution is 6.36. The lowest BCUT2D eigenvalue weighted by molar-refractivity contribution is 0.0926. The summed E-state index contributed by atoms with van der Waals surface area (Å²) < 4.78 is 2.07. The molecular weight excluding hydrogens is 542 g/mol. The standard InChI is InChI=1S/C39H23N3O2/c40-24-28-12-4-5-15-30(28)27-20-21-35-33(23-27)31-16-6-7-18-34(31)42(35)36-19-9-17-32-37(36)39(44)41(38(32)43)29-14-8-13-26(22-29)25-10-2-1-3-11-25/h1-23H. The molecule has 0 fully saturated rings. The van der Waals surface area contributed by atoms with Gasteiger partial charge in [-0.15, -0.1) is 0 Å². The quantitative estimate of drug-likeness (QED) is 0.200. The van der Waals surface area contributed by atoms with Crippen molar-refractivity contribution < 1.29 is 9.59 Å². The average Bonchev–Trinajstić information content (AvgIpc) is 3.55. The second-order valence-electron chi connectivity index (χ2n) is 10.8. The monoisotopic (exact) mass is 565 g/mol. The van der Waals surface area contributed by atoms with E-state index in [0.717, 1.165) is 44.1 Å². The highest BCUT2D eigenvalue weighted by Gasteiger charge is 2.39. The van der Waals surface area contributed by atoms with Crippen LogP contribution >= 0.6 is 0 Å². The van der Waals surface area contributed by atoms with Gasteiger partial charge >= 0.3 is 0 Å². The molecule has 0 saturated heterocycles. The van der Waals surface area contributed by atoms with Crippen molar-refractivity contribution in [1.29, 1.82) is 5.26 Å². The van der Waals surface area contributed by atoms with Gasteiger partial charge in [-0.1, -0.05) is 91.0 Å². The maximum atomic E-state index is 14.2. The van der Waals surface area contributed by atoms with Crippen LogP contribution in [0.5, 0.6) is 0 Å².